The van der Waals surface area contributed by atoms with Gasteiger partial charge in [-0.25, -0.2) is 0 Å². The van der Waals surface area contributed by atoms with Crippen LogP contribution in [0.3, 0.4) is 0 Å². The molecule has 0 bridgehead atoms. The number of ketones is 2. The molecule has 0 rings (SSSR count). The number of hydrogen-bond donors (Lipinski definition) is 0. The SMILES string of the molecule is COC(=O)C(C)(C)C(=O)C(C)C(=O)C(C)(C)C(=O)OCC(C)C. The highest BCUT2D eigenvalue weighted by Gasteiger charge is 2.47. The van der Waals surface area contributed by atoms with E-state index in [2.05, 4.69) is 4.74 Å². The number of hydrogen-bond acceptors (Lipinski definition) is 6. The van der Waals surface area contributed by atoms with E-state index in [9.17, 15) is 19.2 Å². The summed E-state index contributed by atoms with van der Waals surface area (Å²) in [5.41, 5.74) is -2.92. The van der Waals surface area contributed by atoms with Crippen molar-refractivity contribution < 1.29 is 28.7 Å². The second-order valence-electron chi connectivity index (χ2n) is 7.18. The van der Waals surface area contributed by atoms with E-state index in [1.165, 1.54) is 41.7 Å². The van der Waals surface area contributed by atoms with Crippen molar-refractivity contribution in [3.63, 3.8) is 0 Å². The highest BCUT2D eigenvalue weighted by atomic mass is 16.5. The molecule has 6 nitrogen and oxygen atoms in total. The molecule has 6 heteroatoms. The van der Waals surface area contributed by atoms with Gasteiger partial charge in [0.15, 0.2) is 11.6 Å². The van der Waals surface area contributed by atoms with Gasteiger partial charge in [-0.2, -0.15) is 0 Å². The maximum absolute atomic E-state index is 12.6. The van der Waals surface area contributed by atoms with Crippen molar-refractivity contribution in [1.82, 2.24) is 0 Å². The van der Waals surface area contributed by atoms with Crippen LogP contribution in [0, 0.1) is 22.7 Å². The predicted molar refractivity (Wildman–Crippen MR) is 84.6 cm³/mol. The molecule has 0 heterocycles. The zero-order valence-electron chi connectivity index (χ0n) is 15.3. The normalized spacial score (nSPS) is 13.4. The summed E-state index contributed by atoms with van der Waals surface area (Å²) in [5.74, 6) is -3.53. The number of esters is 2. The first-order valence-electron chi connectivity index (χ1n) is 7.64. The van der Waals surface area contributed by atoms with Crippen LogP contribution in [0.4, 0.5) is 0 Å². The van der Waals surface area contributed by atoms with Crippen LogP contribution in [-0.2, 0) is 28.7 Å². The molecule has 0 fully saturated rings. The van der Waals surface area contributed by atoms with E-state index in [0.29, 0.717) is 0 Å². The van der Waals surface area contributed by atoms with E-state index in [0.717, 1.165) is 0 Å². The molecule has 0 aromatic heterocycles. The number of ether oxygens (including phenoxy) is 2. The van der Waals surface area contributed by atoms with Crippen LogP contribution in [-0.4, -0.2) is 37.2 Å². The molecule has 0 aromatic carbocycles. The molecule has 0 N–H and O–H groups in total. The Morgan fingerprint density at radius 2 is 1.22 bits per heavy atom. The quantitative estimate of drug-likeness (QED) is 0.501. The molecule has 0 aliphatic rings. The highest BCUT2D eigenvalue weighted by Crippen LogP contribution is 2.30. The molecule has 132 valence electrons. The van der Waals surface area contributed by atoms with Gasteiger partial charge < -0.3 is 9.47 Å². The maximum atomic E-state index is 12.6. The minimum absolute atomic E-state index is 0.141. The summed E-state index contributed by atoms with van der Waals surface area (Å²) >= 11 is 0. The van der Waals surface area contributed by atoms with Gasteiger partial charge in [-0.15, -0.1) is 0 Å². The Morgan fingerprint density at radius 3 is 1.57 bits per heavy atom. The van der Waals surface area contributed by atoms with Crippen LogP contribution >= 0.6 is 0 Å². The largest absolute Gasteiger partial charge is 0.468 e. The van der Waals surface area contributed by atoms with Crippen LogP contribution in [0.1, 0.15) is 48.5 Å². The first kappa shape index (κ1) is 21.3. The van der Waals surface area contributed by atoms with Crippen LogP contribution in [0.25, 0.3) is 0 Å². The summed E-state index contributed by atoms with van der Waals surface area (Å²) in [6, 6.07) is 0. The lowest BCUT2D eigenvalue weighted by Crippen LogP contribution is -2.46. The van der Waals surface area contributed by atoms with Gasteiger partial charge in [0, 0.05) is 0 Å². The van der Waals surface area contributed by atoms with Gasteiger partial charge in [0.05, 0.1) is 19.6 Å². The summed E-state index contributed by atoms with van der Waals surface area (Å²) in [4.78, 5) is 48.9. The van der Waals surface area contributed by atoms with Crippen LogP contribution in [0.15, 0.2) is 0 Å². The van der Waals surface area contributed by atoms with Crippen molar-refractivity contribution in [2.75, 3.05) is 13.7 Å². The van der Waals surface area contributed by atoms with Gasteiger partial charge in [0.2, 0.25) is 0 Å². The van der Waals surface area contributed by atoms with Gasteiger partial charge in [0.25, 0.3) is 0 Å². The first-order chi connectivity index (χ1) is 10.3. The molecule has 0 aromatic rings. The molecule has 0 spiro atoms. The average Bonchev–Trinajstić information content (AvgIpc) is 2.48. The van der Waals surface area contributed by atoms with Crippen molar-refractivity contribution in [3.05, 3.63) is 0 Å². The number of rotatable bonds is 8. The van der Waals surface area contributed by atoms with E-state index in [1.807, 2.05) is 13.8 Å². The van der Waals surface area contributed by atoms with Crippen molar-refractivity contribution in [3.8, 4) is 0 Å². The van der Waals surface area contributed by atoms with Crippen LogP contribution in [0.2, 0.25) is 0 Å². The number of carbonyl (C=O) groups excluding carboxylic acids is 4. The van der Waals surface area contributed by atoms with Crippen molar-refractivity contribution in [2.45, 2.75) is 48.5 Å². The Hall–Kier alpha value is -1.72. The monoisotopic (exact) mass is 328 g/mol. The Morgan fingerprint density at radius 1 is 0.826 bits per heavy atom. The molecule has 1 unspecified atom stereocenters. The second-order valence-corrected chi connectivity index (χ2v) is 7.18. The lowest BCUT2D eigenvalue weighted by molar-refractivity contribution is -0.162. The van der Waals surface area contributed by atoms with Gasteiger partial charge in [-0.3, -0.25) is 19.2 Å². The first-order valence-corrected chi connectivity index (χ1v) is 7.64. The molecule has 0 amide bonds. The molecular formula is C17H28O6. The Balaban J connectivity index is 5.23. The third kappa shape index (κ3) is 4.88. The molecule has 0 radical (unpaired) electrons. The zero-order valence-corrected chi connectivity index (χ0v) is 15.3. The Kier molecular flexibility index (Phi) is 7.13. The fourth-order valence-corrected chi connectivity index (χ4v) is 2.08. The summed E-state index contributed by atoms with van der Waals surface area (Å²) < 4.78 is 9.71. The second kappa shape index (κ2) is 7.70. The smallest absolute Gasteiger partial charge is 0.319 e. The van der Waals surface area contributed by atoms with E-state index in [4.69, 9.17) is 4.74 Å². The highest BCUT2D eigenvalue weighted by molar-refractivity contribution is 6.17. The van der Waals surface area contributed by atoms with Crippen molar-refractivity contribution in [2.24, 2.45) is 22.7 Å². The maximum Gasteiger partial charge on any atom is 0.319 e. The van der Waals surface area contributed by atoms with Gasteiger partial charge in [-0.05, 0) is 40.5 Å². The summed E-state index contributed by atoms with van der Waals surface area (Å²) in [5, 5.41) is 0. The third-order valence-corrected chi connectivity index (χ3v) is 3.77. The van der Waals surface area contributed by atoms with E-state index in [1.54, 1.807) is 0 Å². The molecule has 23 heavy (non-hydrogen) atoms. The van der Waals surface area contributed by atoms with Gasteiger partial charge in [0.1, 0.15) is 10.8 Å². The fraction of sp³-hybridized carbons (Fsp3) is 0.765. The zero-order chi connectivity index (χ0) is 18.6. The fourth-order valence-electron chi connectivity index (χ4n) is 2.08. The van der Waals surface area contributed by atoms with E-state index >= 15 is 0 Å². The lowest BCUT2D eigenvalue weighted by Gasteiger charge is -2.28. The van der Waals surface area contributed by atoms with E-state index < -0.39 is 40.3 Å². The standard InChI is InChI=1S/C17H28O6/c1-10(2)9-23-15(21)17(6,7)13(19)11(3)12(18)16(4,5)14(20)22-8/h10-11H,9H2,1-8H3. The Labute approximate surface area is 137 Å². The average molecular weight is 328 g/mol. The minimum Gasteiger partial charge on any atom is -0.468 e. The predicted octanol–water partition coefficient (Wildman–Crippen LogP) is 2.19. The van der Waals surface area contributed by atoms with Crippen molar-refractivity contribution >= 4 is 23.5 Å². The lowest BCUT2D eigenvalue weighted by atomic mass is 9.74. The topological polar surface area (TPSA) is 86.7 Å². The van der Waals surface area contributed by atoms with Crippen LogP contribution < -0.4 is 0 Å². The molecule has 1 atom stereocenters. The molecule has 0 aliphatic heterocycles. The molecule has 0 saturated carbocycles. The number of methoxy groups -OCH3 is 1. The molecule has 0 saturated heterocycles. The van der Waals surface area contributed by atoms with Crippen LogP contribution in [0.5, 0.6) is 0 Å². The number of Topliss-reactive ketones (excluding diaryl/α,β-unsaturated/α-hetero) is 2. The Bertz CT molecular complexity index is 487. The minimum atomic E-state index is -1.46. The van der Waals surface area contributed by atoms with Gasteiger partial charge in [-0.1, -0.05) is 13.8 Å². The summed E-state index contributed by atoms with van der Waals surface area (Å²) in [6.45, 7) is 11.0. The number of carbonyl (C=O) groups is 4. The summed E-state index contributed by atoms with van der Waals surface area (Å²) in [7, 11) is 1.18. The van der Waals surface area contributed by atoms with Gasteiger partial charge >= 0.3 is 11.9 Å². The van der Waals surface area contributed by atoms with E-state index in [-0.39, 0.29) is 12.5 Å². The van der Waals surface area contributed by atoms with Crippen molar-refractivity contribution in [1.29, 1.82) is 0 Å². The molecule has 0 aliphatic carbocycles. The third-order valence-electron chi connectivity index (χ3n) is 3.77. The molecular weight excluding hydrogens is 300 g/mol. The summed E-state index contributed by atoms with van der Waals surface area (Å²) in [6.07, 6.45) is 0.